The Labute approximate surface area is 164 Å². The first-order valence-corrected chi connectivity index (χ1v) is 9.64. The summed E-state index contributed by atoms with van der Waals surface area (Å²) in [5.74, 6) is -0.431. The van der Waals surface area contributed by atoms with Crippen LogP contribution < -0.4 is 10.6 Å². The summed E-state index contributed by atoms with van der Waals surface area (Å²) in [4.78, 5) is 24.7. The highest BCUT2D eigenvalue weighted by molar-refractivity contribution is 6.34. The van der Waals surface area contributed by atoms with Crippen LogP contribution in [0.25, 0.3) is 6.08 Å². The van der Waals surface area contributed by atoms with Crippen LogP contribution in [0.2, 0.25) is 5.02 Å². The number of anilines is 1. The second kappa shape index (κ2) is 9.38. The Bertz CT molecular complexity index is 827. The molecule has 1 fully saturated rings. The van der Waals surface area contributed by atoms with Gasteiger partial charge in [-0.3, -0.25) is 9.59 Å². The zero-order valence-electron chi connectivity index (χ0n) is 15.1. The highest BCUT2D eigenvalue weighted by Gasteiger charge is 2.17. The third-order valence-electron chi connectivity index (χ3n) is 4.65. The van der Waals surface area contributed by atoms with Crippen molar-refractivity contribution in [2.24, 2.45) is 0 Å². The van der Waals surface area contributed by atoms with Gasteiger partial charge in [0.2, 0.25) is 5.91 Å². The van der Waals surface area contributed by atoms with Crippen LogP contribution in [0.3, 0.4) is 0 Å². The standard InChI is InChI=1S/C22H23ClN2O2/c23-19-13-12-17(22(27)24-18-9-5-2-6-10-18)15-20(19)25-21(26)14-11-16-7-3-1-4-8-16/h1,3-4,7-8,11-15,18H,2,5-6,9-10H2,(H,24,27)(H,25,26)/b14-11+. The van der Waals surface area contributed by atoms with Crippen molar-refractivity contribution in [3.63, 3.8) is 0 Å². The van der Waals surface area contributed by atoms with Gasteiger partial charge in [-0.1, -0.05) is 61.2 Å². The van der Waals surface area contributed by atoms with E-state index in [1.165, 1.54) is 12.5 Å². The summed E-state index contributed by atoms with van der Waals surface area (Å²) in [7, 11) is 0. The maximum atomic E-state index is 12.5. The molecule has 140 valence electrons. The van der Waals surface area contributed by atoms with Gasteiger partial charge in [-0.25, -0.2) is 0 Å². The smallest absolute Gasteiger partial charge is 0.251 e. The Morgan fingerprint density at radius 1 is 1.00 bits per heavy atom. The van der Waals surface area contributed by atoms with E-state index in [0.717, 1.165) is 31.2 Å². The first-order valence-electron chi connectivity index (χ1n) is 9.26. The fourth-order valence-corrected chi connectivity index (χ4v) is 3.35. The van der Waals surface area contributed by atoms with E-state index >= 15 is 0 Å². The van der Waals surface area contributed by atoms with E-state index in [1.807, 2.05) is 30.3 Å². The molecule has 0 aromatic heterocycles. The second-order valence-corrected chi connectivity index (χ2v) is 7.14. The molecule has 0 spiro atoms. The number of halogens is 1. The fraction of sp³-hybridized carbons (Fsp3) is 0.273. The van der Waals surface area contributed by atoms with Gasteiger partial charge in [0.15, 0.2) is 0 Å². The molecule has 0 unspecified atom stereocenters. The summed E-state index contributed by atoms with van der Waals surface area (Å²) in [6.45, 7) is 0. The largest absolute Gasteiger partial charge is 0.349 e. The molecular weight excluding hydrogens is 360 g/mol. The van der Waals surface area contributed by atoms with Crippen LogP contribution >= 0.6 is 11.6 Å². The summed E-state index contributed by atoms with van der Waals surface area (Å²) in [5, 5.41) is 6.21. The predicted octanol–water partition coefficient (Wildman–Crippen LogP) is 5.05. The lowest BCUT2D eigenvalue weighted by atomic mass is 9.95. The van der Waals surface area contributed by atoms with Crippen LogP contribution in [-0.4, -0.2) is 17.9 Å². The number of amides is 2. The van der Waals surface area contributed by atoms with Gasteiger partial charge in [0, 0.05) is 17.7 Å². The minimum atomic E-state index is -0.300. The average Bonchev–Trinajstić information content (AvgIpc) is 2.69. The molecule has 0 aliphatic heterocycles. The van der Waals surface area contributed by atoms with E-state index in [9.17, 15) is 9.59 Å². The van der Waals surface area contributed by atoms with E-state index in [1.54, 1.807) is 24.3 Å². The molecule has 2 N–H and O–H groups in total. The fourth-order valence-electron chi connectivity index (χ4n) is 3.19. The van der Waals surface area contributed by atoms with Crippen molar-refractivity contribution in [1.82, 2.24) is 5.32 Å². The number of nitrogens with one attached hydrogen (secondary N) is 2. The third kappa shape index (κ3) is 5.69. The van der Waals surface area contributed by atoms with E-state index in [-0.39, 0.29) is 17.9 Å². The molecule has 0 bridgehead atoms. The number of rotatable bonds is 5. The Hall–Kier alpha value is -2.59. The van der Waals surface area contributed by atoms with Crippen LogP contribution in [-0.2, 0) is 4.79 Å². The van der Waals surface area contributed by atoms with Gasteiger partial charge < -0.3 is 10.6 Å². The first kappa shape index (κ1) is 19.2. The molecule has 2 aromatic rings. The summed E-state index contributed by atoms with van der Waals surface area (Å²) < 4.78 is 0. The molecule has 1 aliphatic carbocycles. The van der Waals surface area contributed by atoms with Gasteiger partial charge >= 0.3 is 0 Å². The minimum Gasteiger partial charge on any atom is -0.349 e. The molecule has 4 nitrogen and oxygen atoms in total. The lowest BCUT2D eigenvalue weighted by Gasteiger charge is -2.22. The van der Waals surface area contributed by atoms with E-state index < -0.39 is 0 Å². The van der Waals surface area contributed by atoms with E-state index in [0.29, 0.717) is 16.3 Å². The Balaban J connectivity index is 1.64. The molecule has 1 saturated carbocycles. The molecule has 3 rings (SSSR count). The van der Waals surface area contributed by atoms with Crippen molar-refractivity contribution >= 4 is 35.2 Å². The van der Waals surface area contributed by atoms with E-state index in [2.05, 4.69) is 10.6 Å². The minimum absolute atomic E-state index is 0.131. The van der Waals surface area contributed by atoms with Gasteiger partial charge in [0.25, 0.3) is 5.91 Å². The van der Waals surface area contributed by atoms with Crippen LogP contribution in [0.15, 0.2) is 54.6 Å². The normalized spacial score (nSPS) is 14.9. The predicted molar refractivity (Wildman–Crippen MR) is 110 cm³/mol. The van der Waals surface area contributed by atoms with Crippen molar-refractivity contribution in [2.75, 3.05) is 5.32 Å². The Morgan fingerprint density at radius 2 is 1.74 bits per heavy atom. The van der Waals surface area contributed by atoms with Gasteiger partial charge in [-0.05, 0) is 42.7 Å². The Kier molecular flexibility index (Phi) is 6.66. The summed E-state index contributed by atoms with van der Waals surface area (Å²) in [6, 6.07) is 14.7. The van der Waals surface area contributed by atoms with Crippen molar-refractivity contribution in [1.29, 1.82) is 0 Å². The molecule has 2 aromatic carbocycles. The van der Waals surface area contributed by atoms with Gasteiger partial charge in [0.05, 0.1) is 10.7 Å². The number of hydrogen-bond acceptors (Lipinski definition) is 2. The molecule has 0 heterocycles. The van der Waals surface area contributed by atoms with Gasteiger partial charge in [-0.2, -0.15) is 0 Å². The number of carbonyl (C=O) groups is 2. The molecular formula is C22H23ClN2O2. The first-order chi connectivity index (χ1) is 13.1. The molecule has 0 saturated heterocycles. The zero-order valence-corrected chi connectivity index (χ0v) is 15.8. The van der Waals surface area contributed by atoms with Crippen molar-refractivity contribution < 1.29 is 9.59 Å². The van der Waals surface area contributed by atoms with E-state index in [4.69, 9.17) is 11.6 Å². The quantitative estimate of drug-likeness (QED) is 0.710. The summed E-state index contributed by atoms with van der Waals surface area (Å²) >= 11 is 6.18. The molecule has 5 heteroatoms. The average molecular weight is 383 g/mol. The number of hydrogen-bond donors (Lipinski definition) is 2. The lowest BCUT2D eigenvalue weighted by molar-refractivity contribution is -0.111. The highest BCUT2D eigenvalue weighted by atomic mass is 35.5. The third-order valence-corrected chi connectivity index (χ3v) is 4.98. The highest BCUT2D eigenvalue weighted by Crippen LogP contribution is 2.24. The SMILES string of the molecule is O=C(/C=C/c1ccccc1)Nc1cc(C(=O)NC2CCCCC2)ccc1Cl. The summed E-state index contributed by atoms with van der Waals surface area (Å²) in [5.41, 5.74) is 1.85. The topological polar surface area (TPSA) is 58.2 Å². The maximum Gasteiger partial charge on any atom is 0.251 e. The van der Waals surface area contributed by atoms with Crippen molar-refractivity contribution in [2.45, 2.75) is 38.1 Å². The molecule has 2 amide bonds. The van der Waals surface area contributed by atoms with Crippen LogP contribution in [0.5, 0.6) is 0 Å². The maximum absolute atomic E-state index is 12.5. The lowest BCUT2D eigenvalue weighted by Crippen LogP contribution is -2.36. The van der Waals surface area contributed by atoms with Crippen LogP contribution in [0, 0.1) is 0 Å². The zero-order chi connectivity index (χ0) is 19.1. The monoisotopic (exact) mass is 382 g/mol. The molecule has 27 heavy (non-hydrogen) atoms. The summed E-state index contributed by atoms with van der Waals surface area (Å²) in [6.07, 6.45) is 8.75. The number of benzene rings is 2. The van der Waals surface area contributed by atoms with Gasteiger partial charge in [0.1, 0.15) is 0 Å². The molecule has 0 radical (unpaired) electrons. The van der Waals surface area contributed by atoms with Crippen molar-refractivity contribution in [3.8, 4) is 0 Å². The van der Waals surface area contributed by atoms with Crippen molar-refractivity contribution in [3.05, 3.63) is 70.8 Å². The van der Waals surface area contributed by atoms with Gasteiger partial charge in [-0.15, -0.1) is 0 Å². The Morgan fingerprint density at radius 3 is 2.48 bits per heavy atom. The second-order valence-electron chi connectivity index (χ2n) is 6.74. The van der Waals surface area contributed by atoms with Crippen LogP contribution in [0.4, 0.5) is 5.69 Å². The number of carbonyl (C=O) groups excluding carboxylic acids is 2. The van der Waals surface area contributed by atoms with Crippen LogP contribution in [0.1, 0.15) is 48.0 Å². The molecule has 0 atom stereocenters. The molecule has 1 aliphatic rings.